The van der Waals surface area contributed by atoms with E-state index in [4.69, 9.17) is 0 Å². The number of carbonyl (C=O) groups is 1. The van der Waals surface area contributed by atoms with Crippen LogP contribution < -0.4 is 10.0 Å². The van der Waals surface area contributed by atoms with Crippen molar-refractivity contribution in [2.75, 3.05) is 5.32 Å². The highest BCUT2D eigenvalue weighted by Crippen LogP contribution is 2.31. The largest absolute Gasteiger partial charge is 0.341 e. The second-order valence-electron chi connectivity index (χ2n) is 9.16. The van der Waals surface area contributed by atoms with E-state index in [1.54, 1.807) is 24.3 Å². The fraction of sp³-hybridized carbons (Fsp3) is 0.167. The molecule has 0 aliphatic heterocycles. The molecule has 0 saturated heterocycles. The first-order chi connectivity index (χ1) is 17.9. The summed E-state index contributed by atoms with van der Waals surface area (Å²) in [6.07, 6.45) is 0.217. The molecule has 188 valence electrons. The minimum atomic E-state index is -3.91. The molecule has 7 heteroatoms. The minimum absolute atomic E-state index is 0.123. The summed E-state index contributed by atoms with van der Waals surface area (Å²) in [5.74, 6) is -0.418. The molecule has 6 nitrogen and oxygen atoms in total. The number of aromatic nitrogens is 1. The third-order valence-corrected chi connectivity index (χ3v) is 8.07. The van der Waals surface area contributed by atoms with Gasteiger partial charge >= 0.3 is 0 Å². The normalized spacial score (nSPS) is 12.6. The fourth-order valence-corrected chi connectivity index (χ4v) is 5.91. The Morgan fingerprint density at radius 2 is 1.51 bits per heavy atom. The summed E-state index contributed by atoms with van der Waals surface area (Å²) >= 11 is 0. The van der Waals surface area contributed by atoms with E-state index < -0.39 is 22.0 Å². The number of sulfonamides is 1. The molecule has 0 saturated carbocycles. The lowest BCUT2D eigenvalue weighted by Gasteiger charge is -2.19. The summed E-state index contributed by atoms with van der Waals surface area (Å²) in [6, 6.07) is 29.0. The zero-order chi connectivity index (χ0) is 26.0. The van der Waals surface area contributed by atoms with Crippen LogP contribution in [0.1, 0.15) is 18.1 Å². The van der Waals surface area contributed by atoms with Gasteiger partial charge in [-0.05, 0) is 62.2 Å². The minimum Gasteiger partial charge on any atom is -0.341 e. The van der Waals surface area contributed by atoms with Crippen LogP contribution >= 0.6 is 0 Å². The third-order valence-electron chi connectivity index (χ3n) is 6.58. The Morgan fingerprint density at radius 1 is 0.838 bits per heavy atom. The monoisotopic (exact) mass is 511 g/mol. The van der Waals surface area contributed by atoms with Gasteiger partial charge in [-0.25, -0.2) is 8.42 Å². The maximum Gasteiger partial charge on any atom is 0.242 e. The molecule has 1 aromatic heterocycles. The van der Waals surface area contributed by atoms with E-state index in [0.717, 1.165) is 39.5 Å². The summed E-state index contributed by atoms with van der Waals surface area (Å²) in [5, 5.41) is 5.10. The van der Waals surface area contributed by atoms with Crippen LogP contribution in [0, 0.1) is 6.92 Å². The number of nitrogens with one attached hydrogen (secondary N) is 2. The maximum atomic E-state index is 13.5. The van der Waals surface area contributed by atoms with Crippen LogP contribution in [0.3, 0.4) is 0 Å². The van der Waals surface area contributed by atoms with Gasteiger partial charge in [0.25, 0.3) is 0 Å². The number of anilines is 1. The number of para-hydroxylation sites is 1. The highest BCUT2D eigenvalue weighted by Gasteiger charge is 2.26. The van der Waals surface area contributed by atoms with Gasteiger partial charge in [0.05, 0.1) is 4.90 Å². The lowest BCUT2D eigenvalue weighted by molar-refractivity contribution is -0.117. The van der Waals surface area contributed by atoms with E-state index in [-0.39, 0.29) is 11.3 Å². The number of nitrogens with zero attached hydrogens (tertiary/aromatic N) is 1. The first kappa shape index (κ1) is 24.7. The summed E-state index contributed by atoms with van der Waals surface area (Å²) in [4.78, 5) is 13.6. The average Bonchev–Trinajstić information content (AvgIpc) is 3.22. The molecule has 37 heavy (non-hydrogen) atoms. The molecule has 0 aliphatic carbocycles. The zero-order valence-corrected chi connectivity index (χ0v) is 21.6. The van der Waals surface area contributed by atoms with Crippen molar-refractivity contribution in [3.63, 3.8) is 0 Å². The summed E-state index contributed by atoms with van der Waals surface area (Å²) in [6.45, 7) is 4.83. The Labute approximate surface area is 217 Å². The van der Waals surface area contributed by atoms with Crippen LogP contribution in [0.4, 0.5) is 5.69 Å². The maximum absolute atomic E-state index is 13.5. The van der Waals surface area contributed by atoms with Crippen molar-refractivity contribution >= 4 is 43.4 Å². The number of hydrogen-bond donors (Lipinski definition) is 2. The van der Waals surface area contributed by atoms with E-state index in [1.807, 2.05) is 67.6 Å². The van der Waals surface area contributed by atoms with Crippen molar-refractivity contribution in [3.8, 4) is 0 Å². The average molecular weight is 512 g/mol. The third kappa shape index (κ3) is 5.14. The van der Waals surface area contributed by atoms with Gasteiger partial charge in [-0.15, -0.1) is 0 Å². The number of fused-ring (bicyclic) bond motifs is 3. The van der Waals surface area contributed by atoms with Crippen molar-refractivity contribution in [3.05, 3.63) is 108 Å². The molecular weight excluding hydrogens is 482 g/mol. The van der Waals surface area contributed by atoms with Gasteiger partial charge in [0.1, 0.15) is 6.04 Å². The zero-order valence-electron chi connectivity index (χ0n) is 20.8. The number of aryl methyl sites for hydroxylation is 2. The van der Waals surface area contributed by atoms with Crippen LogP contribution in [0.15, 0.2) is 102 Å². The predicted octanol–water partition coefficient (Wildman–Crippen LogP) is 5.65. The Bertz CT molecular complexity index is 1670. The number of amides is 1. The molecule has 0 spiro atoms. The van der Waals surface area contributed by atoms with Crippen LogP contribution in [0.2, 0.25) is 0 Å². The van der Waals surface area contributed by atoms with Crippen molar-refractivity contribution in [1.82, 2.24) is 9.29 Å². The molecular formula is C30H29N3O3S. The van der Waals surface area contributed by atoms with Crippen LogP contribution in [-0.2, 0) is 27.8 Å². The Balaban J connectivity index is 1.46. The van der Waals surface area contributed by atoms with E-state index in [0.29, 0.717) is 5.69 Å². The number of carbonyl (C=O) groups excluding carboxylic acids is 1. The standard InChI is InChI=1S/C30H29N3O3S/c1-3-33-28-12-8-7-11-25(28)26-20-23(15-18-29(26)33)31-30(34)27(19-22-9-5-4-6-10-22)32-37(35,36)24-16-13-21(2)14-17-24/h4-18,20,27,32H,3,19H2,1-2H3,(H,31,34). The van der Waals surface area contributed by atoms with Crippen molar-refractivity contribution in [1.29, 1.82) is 0 Å². The van der Waals surface area contributed by atoms with Gasteiger partial charge in [-0.2, -0.15) is 4.72 Å². The highest BCUT2D eigenvalue weighted by molar-refractivity contribution is 7.89. The Hall–Kier alpha value is -3.94. The highest BCUT2D eigenvalue weighted by atomic mass is 32.2. The van der Waals surface area contributed by atoms with E-state index >= 15 is 0 Å². The molecule has 4 aromatic carbocycles. The molecule has 1 amide bonds. The smallest absolute Gasteiger partial charge is 0.242 e. The van der Waals surface area contributed by atoms with Crippen molar-refractivity contribution < 1.29 is 13.2 Å². The van der Waals surface area contributed by atoms with Crippen LogP contribution in [0.25, 0.3) is 21.8 Å². The van der Waals surface area contributed by atoms with Crippen molar-refractivity contribution in [2.24, 2.45) is 0 Å². The van der Waals surface area contributed by atoms with Crippen molar-refractivity contribution in [2.45, 2.75) is 37.8 Å². The summed E-state index contributed by atoms with van der Waals surface area (Å²) < 4.78 is 31.2. The SMILES string of the molecule is CCn1c2ccccc2c2cc(NC(=O)C(Cc3ccccc3)NS(=O)(=O)c3ccc(C)cc3)ccc21. The number of rotatable bonds is 8. The second kappa shape index (κ2) is 10.2. The van der Waals surface area contributed by atoms with Crippen LogP contribution in [0.5, 0.6) is 0 Å². The first-order valence-corrected chi connectivity index (χ1v) is 13.8. The van der Waals surface area contributed by atoms with Gasteiger partial charge in [-0.1, -0.05) is 66.2 Å². The van der Waals surface area contributed by atoms with E-state index in [9.17, 15) is 13.2 Å². The molecule has 0 aliphatic rings. The molecule has 5 aromatic rings. The fourth-order valence-electron chi connectivity index (χ4n) is 4.71. The predicted molar refractivity (Wildman–Crippen MR) is 149 cm³/mol. The summed E-state index contributed by atoms with van der Waals surface area (Å²) in [5.41, 5.74) is 4.65. The Kier molecular flexibility index (Phi) is 6.82. The number of hydrogen-bond acceptors (Lipinski definition) is 3. The summed E-state index contributed by atoms with van der Waals surface area (Å²) in [7, 11) is -3.91. The van der Waals surface area contributed by atoms with Gasteiger partial charge in [0, 0.05) is 34.0 Å². The van der Waals surface area contributed by atoms with Gasteiger partial charge in [0.2, 0.25) is 15.9 Å². The lowest BCUT2D eigenvalue weighted by Crippen LogP contribution is -2.45. The van der Waals surface area contributed by atoms with E-state index in [1.165, 1.54) is 0 Å². The second-order valence-corrected chi connectivity index (χ2v) is 10.9. The molecule has 2 N–H and O–H groups in total. The molecule has 1 atom stereocenters. The van der Waals surface area contributed by atoms with Gasteiger partial charge < -0.3 is 9.88 Å². The van der Waals surface area contributed by atoms with Gasteiger partial charge in [-0.3, -0.25) is 4.79 Å². The van der Waals surface area contributed by atoms with Crippen LogP contribution in [-0.4, -0.2) is 24.9 Å². The molecule has 0 radical (unpaired) electrons. The molecule has 5 rings (SSSR count). The molecule has 1 unspecified atom stereocenters. The molecule has 0 bridgehead atoms. The Morgan fingerprint density at radius 3 is 2.24 bits per heavy atom. The number of benzene rings is 4. The molecule has 0 fully saturated rings. The topological polar surface area (TPSA) is 80.2 Å². The van der Waals surface area contributed by atoms with E-state index in [2.05, 4.69) is 33.7 Å². The lowest BCUT2D eigenvalue weighted by atomic mass is 10.1. The van der Waals surface area contributed by atoms with Gasteiger partial charge in [0.15, 0.2) is 0 Å². The quantitative estimate of drug-likeness (QED) is 0.282. The molecule has 1 heterocycles. The first-order valence-electron chi connectivity index (χ1n) is 12.3.